The molecule has 1 aliphatic heterocycles. The molecule has 1 atom stereocenters. The zero-order valence-electron chi connectivity index (χ0n) is 6.97. The molecule has 2 heteroatoms. The third-order valence-corrected chi connectivity index (χ3v) is 2.23. The Bertz CT molecular complexity index is 83.3. The van der Waals surface area contributed by atoms with E-state index in [9.17, 15) is 0 Å². The summed E-state index contributed by atoms with van der Waals surface area (Å²) in [6.07, 6.45) is 1.22. The summed E-state index contributed by atoms with van der Waals surface area (Å²) in [5.74, 6) is 0. The van der Waals surface area contributed by atoms with Crippen molar-refractivity contribution in [2.75, 3.05) is 26.3 Å². The highest BCUT2D eigenvalue weighted by atomic mass is 16.5. The van der Waals surface area contributed by atoms with Crippen molar-refractivity contribution in [3.05, 3.63) is 0 Å². The summed E-state index contributed by atoms with van der Waals surface area (Å²) >= 11 is 0. The van der Waals surface area contributed by atoms with Crippen molar-refractivity contribution in [3.8, 4) is 0 Å². The molecular weight excluding hydrogens is 126 g/mol. The maximum absolute atomic E-state index is 5.36. The summed E-state index contributed by atoms with van der Waals surface area (Å²) in [7, 11) is 0. The van der Waals surface area contributed by atoms with E-state index in [1.54, 1.807) is 0 Å². The Morgan fingerprint density at radius 2 is 2.30 bits per heavy atom. The number of morpholine rings is 1. The monoisotopic (exact) mass is 143 g/mol. The lowest BCUT2D eigenvalue weighted by molar-refractivity contribution is -0.00586. The van der Waals surface area contributed by atoms with Crippen molar-refractivity contribution in [2.24, 2.45) is 0 Å². The fourth-order valence-corrected chi connectivity index (χ4v) is 1.48. The highest BCUT2D eigenvalue weighted by molar-refractivity contribution is 4.72. The maximum Gasteiger partial charge on any atom is 0.0622 e. The summed E-state index contributed by atoms with van der Waals surface area (Å²) < 4.78 is 5.36. The Morgan fingerprint density at radius 3 is 2.80 bits per heavy atom. The minimum absolute atomic E-state index is 0.679. The van der Waals surface area contributed by atoms with E-state index in [1.807, 2.05) is 0 Å². The van der Waals surface area contributed by atoms with Gasteiger partial charge in [0.25, 0.3) is 0 Å². The van der Waals surface area contributed by atoms with Crippen molar-refractivity contribution in [1.82, 2.24) is 4.90 Å². The molecule has 1 fully saturated rings. The van der Waals surface area contributed by atoms with E-state index >= 15 is 0 Å². The number of likely N-dealkylation sites (N-methyl/N-ethyl adjacent to an activating group) is 1. The molecule has 0 bridgehead atoms. The van der Waals surface area contributed by atoms with Gasteiger partial charge < -0.3 is 4.74 Å². The quantitative estimate of drug-likeness (QED) is 0.574. The SMILES string of the molecule is CC[C@H]1COCCN1CC. The average Bonchev–Trinajstić information content (AvgIpc) is 2.04. The fourth-order valence-electron chi connectivity index (χ4n) is 1.48. The largest absolute Gasteiger partial charge is 0.378 e. The second-order valence-electron chi connectivity index (χ2n) is 2.77. The number of hydrogen-bond donors (Lipinski definition) is 0. The van der Waals surface area contributed by atoms with E-state index in [1.165, 1.54) is 13.0 Å². The number of hydrogen-bond acceptors (Lipinski definition) is 2. The fraction of sp³-hybridized carbons (Fsp3) is 1.00. The van der Waals surface area contributed by atoms with Gasteiger partial charge in [-0.3, -0.25) is 4.90 Å². The van der Waals surface area contributed by atoms with Crippen molar-refractivity contribution in [2.45, 2.75) is 26.3 Å². The molecule has 10 heavy (non-hydrogen) atoms. The normalized spacial score (nSPS) is 28.8. The molecule has 60 valence electrons. The minimum atomic E-state index is 0.679. The summed E-state index contributed by atoms with van der Waals surface area (Å²) in [5, 5.41) is 0. The van der Waals surface area contributed by atoms with Gasteiger partial charge in [0.15, 0.2) is 0 Å². The molecule has 0 aliphatic carbocycles. The molecule has 0 aromatic rings. The summed E-state index contributed by atoms with van der Waals surface area (Å²) in [6.45, 7) is 8.58. The average molecular weight is 143 g/mol. The highest BCUT2D eigenvalue weighted by Crippen LogP contribution is 2.08. The van der Waals surface area contributed by atoms with Crippen LogP contribution in [0.1, 0.15) is 20.3 Å². The Hall–Kier alpha value is -0.0800. The lowest BCUT2D eigenvalue weighted by atomic mass is 10.2. The molecular formula is C8H17NO. The minimum Gasteiger partial charge on any atom is -0.378 e. The Morgan fingerprint density at radius 1 is 1.50 bits per heavy atom. The number of ether oxygens (including phenoxy) is 1. The zero-order valence-corrected chi connectivity index (χ0v) is 6.97. The van der Waals surface area contributed by atoms with Crippen molar-refractivity contribution < 1.29 is 4.74 Å². The summed E-state index contributed by atoms with van der Waals surface area (Å²) in [5.41, 5.74) is 0. The third-order valence-electron chi connectivity index (χ3n) is 2.23. The van der Waals surface area contributed by atoms with Crippen LogP contribution < -0.4 is 0 Å². The standard InChI is InChI=1S/C8H17NO/c1-3-8-7-10-6-5-9(8)4-2/h8H,3-7H2,1-2H3/t8-/m0/s1. The molecule has 0 saturated carbocycles. The van der Waals surface area contributed by atoms with Gasteiger partial charge in [0.05, 0.1) is 13.2 Å². The molecule has 0 spiro atoms. The van der Waals surface area contributed by atoms with Crippen LogP contribution in [-0.4, -0.2) is 37.2 Å². The van der Waals surface area contributed by atoms with Crippen LogP contribution in [0, 0.1) is 0 Å². The van der Waals surface area contributed by atoms with Crippen LogP contribution >= 0.6 is 0 Å². The van der Waals surface area contributed by atoms with Crippen molar-refractivity contribution in [3.63, 3.8) is 0 Å². The van der Waals surface area contributed by atoms with E-state index in [2.05, 4.69) is 18.7 Å². The van der Waals surface area contributed by atoms with Gasteiger partial charge >= 0.3 is 0 Å². The first-order valence-electron chi connectivity index (χ1n) is 4.20. The molecule has 0 amide bonds. The van der Waals surface area contributed by atoms with Crippen LogP contribution in [0.25, 0.3) is 0 Å². The zero-order chi connectivity index (χ0) is 7.40. The van der Waals surface area contributed by atoms with E-state index in [4.69, 9.17) is 4.74 Å². The van der Waals surface area contributed by atoms with Gasteiger partial charge in [-0.1, -0.05) is 13.8 Å². The van der Waals surface area contributed by atoms with Gasteiger partial charge in [-0.25, -0.2) is 0 Å². The molecule has 1 saturated heterocycles. The third kappa shape index (κ3) is 1.70. The van der Waals surface area contributed by atoms with Crippen molar-refractivity contribution >= 4 is 0 Å². The molecule has 1 aliphatic rings. The predicted octanol–water partition coefficient (Wildman–Crippen LogP) is 1.12. The molecule has 0 aromatic heterocycles. The Balaban J connectivity index is 2.34. The van der Waals surface area contributed by atoms with E-state index < -0.39 is 0 Å². The molecule has 0 unspecified atom stereocenters. The van der Waals surface area contributed by atoms with Gasteiger partial charge in [0, 0.05) is 12.6 Å². The number of nitrogens with zero attached hydrogens (tertiary/aromatic N) is 1. The predicted molar refractivity (Wildman–Crippen MR) is 42.1 cm³/mol. The van der Waals surface area contributed by atoms with Gasteiger partial charge in [-0.05, 0) is 13.0 Å². The van der Waals surface area contributed by atoms with Crippen LogP contribution in [0.15, 0.2) is 0 Å². The van der Waals surface area contributed by atoms with Crippen LogP contribution in [0.2, 0.25) is 0 Å². The summed E-state index contributed by atoms with van der Waals surface area (Å²) in [6, 6.07) is 0.679. The van der Waals surface area contributed by atoms with E-state index in [0.29, 0.717) is 6.04 Å². The maximum atomic E-state index is 5.36. The second-order valence-corrected chi connectivity index (χ2v) is 2.77. The molecule has 0 radical (unpaired) electrons. The lowest BCUT2D eigenvalue weighted by Gasteiger charge is -2.33. The lowest BCUT2D eigenvalue weighted by Crippen LogP contribution is -2.44. The van der Waals surface area contributed by atoms with E-state index in [0.717, 1.165) is 19.8 Å². The van der Waals surface area contributed by atoms with Gasteiger partial charge in [0.1, 0.15) is 0 Å². The van der Waals surface area contributed by atoms with Crippen LogP contribution in [-0.2, 0) is 4.74 Å². The highest BCUT2D eigenvalue weighted by Gasteiger charge is 2.18. The molecule has 0 N–H and O–H groups in total. The molecule has 2 nitrogen and oxygen atoms in total. The van der Waals surface area contributed by atoms with Crippen LogP contribution in [0.4, 0.5) is 0 Å². The first kappa shape index (κ1) is 8.02. The van der Waals surface area contributed by atoms with Gasteiger partial charge in [-0.15, -0.1) is 0 Å². The van der Waals surface area contributed by atoms with Gasteiger partial charge in [-0.2, -0.15) is 0 Å². The summed E-state index contributed by atoms with van der Waals surface area (Å²) in [4.78, 5) is 2.49. The molecule has 0 aromatic carbocycles. The van der Waals surface area contributed by atoms with Crippen LogP contribution in [0.3, 0.4) is 0 Å². The first-order chi connectivity index (χ1) is 4.88. The molecule has 1 heterocycles. The first-order valence-corrected chi connectivity index (χ1v) is 4.20. The number of rotatable bonds is 2. The molecule has 1 rings (SSSR count). The smallest absolute Gasteiger partial charge is 0.0622 e. The van der Waals surface area contributed by atoms with Crippen molar-refractivity contribution in [1.29, 1.82) is 0 Å². The Kier molecular flexibility index (Phi) is 3.16. The Labute approximate surface area is 63.2 Å². The van der Waals surface area contributed by atoms with Crippen LogP contribution in [0.5, 0.6) is 0 Å². The topological polar surface area (TPSA) is 12.5 Å². The second kappa shape index (κ2) is 3.94. The van der Waals surface area contributed by atoms with Gasteiger partial charge in [0.2, 0.25) is 0 Å². The van der Waals surface area contributed by atoms with E-state index in [-0.39, 0.29) is 0 Å².